The molecule has 0 radical (unpaired) electrons. The van der Waals surface area contributed by atoms with Crippen molar-refractivity contribution in [3.63, 3.8) is 0 Å². The molecule has 3 heteroatoms. The van der Waals surface area contributed by atoms with Crippen molar-refractivity contribution in [3.8, 4) is 6.07 Å². The lowest BCUT2D eigenvalue weighted by molar-refractivity contribution is -0.117. The van der Waals surface area contributed by atoms with Gasteiger partial charge in [0.2, 0.25) is 0 Å². The topological polar surface area (TPSA) is 52.9 Å². The number of carbonyl (C=O) groups excluding carboxylic acids is 1. The molecular weight excluding hydrogens is 248 g/mol. The number of hydrogen-bond acceptors (Lipinski definition) is 3. The van der Waals surface area contributed by atoms with Crippen LogP contribution >= 0.6 is 0 Å². The largest absolute Gasteiger partial charge is 0.358 e. The van der Waals surface area contributed by atoms with E-state index in [1.165, 1.54) is 5.56 Å². The van der Waals surface area contributed by atoms with Crippen LogP contribution in [0.25, 0.3) is 0 Å². The fraction of sp³-hybridized carbons (Fsp3) is 0.412. The lowest BCUT2D eigenvalue weighted by atomic mass is 9.76. The lowest BCUT2D eigenvalue weighted by Gasteiger charge is -2.30. The van der Waals surface area contributed by atoms with Crippen molar-refractivity contribution in [1.82, 2.24) is 0 Å². The molecule has 0 amide bonds. The number of aryl methyl sites for hydroxylation is 1. The van der Waals surface area contributed by atoms with E-state index in [0.29, 0.717) is 6.42 Å². The SMILES string of the molecule is CCc1ccc(NC2=C(C#N)C(=O)CC(C)(C)C2)cc1. The lowest BCUT2D eigenvalue weighted by Crippen LogP contribution is -2.28. The number of carbonyl (C=O) groups is 1. The third-order valence-electron chi connectivity index (χ3n) is 3.64. The Labute approximate surface area is 120 Å². The molecule has 0 unspecified atom stereocenters. The van der Waals surface area contributed by atoms with Gasteiger partial charge in [-0.05, 0) is 36.0 Å². The number of rotatable bonds is 3. The van der Waals surface area contributed by atoms with Gasteiger partial charge in [-0.1, -0.05) is 32.9 Å². The van der Waals surface area contributed by atoms with Crippen LogP contribution < -0.4 is 5.32 Å². The molecule has 0 fully saturated rings. The summed E-state index contributed by atoms with van der Waals surface area (Å²) in [5.41, 5.74) is 3.13. The van der Waals surface area contributed by atoms with E-state index in [4.69, 9.17) is 0 Å². The van der Waals surface area contributed by atoms with Gasteiger partial charge in [0.15, 0.2) is 5.78 Å². The number of nitrogens with zero attached hydrogens (tertiary/aromatic N) is 1. The summed E-state index contributed by atoms with van der Waals surface area (Å²) in [5.74, 6) is -0.0589. The summed E-state index contributed by atoms with van der Waals surface area (Å²) < 4.78 is 0. The van der Waals surface area contributed by atoms with E-state index in [2.05, 4.69) is 44.3 Å². The summed E-state index contributed by atoms with van der Waals surface area (Å²) in [4.78, 5) is 12.0. The van der Waals surface area contributed by atoms with Gasteiger partial charge in [0, 0.05) is 17.8 Å². The first-order valence-electron chi connectivity index (χ1n) is 6.97. The fourth-order valence-electron chi connectivity index (χ4n) is 2.56. The van der Waals surface area contributed by atoms with Gasteiger partial charge in [-0.25, -0.2) is 0 Å². The number of Topliss-reactive ketones (excluding diaryl/α,β-unsaturated/α-hetero) is 1. The molecule has 104 valence electrons. The van der Waals surface area contributed by atoms with E-state index in [9.17, 15) is 10.1 Å². The van der Waals surface area contributed by atoms with Gasteiger partial charge in [-0.3, -0.25) is 4.79 Å². The molecule has 0 saturated heterocycles. The highest BCUT2D eigenvalue weighted by atomic mass is 16.1. The molecule has 0 saturated carbocycles. The van der Waals surface area contributed by atoms with Crippen LogP contribution in [0.15, 0.2) is 35.5 Å². The molecule has 20 heavy (non-hydrogen) atoms. The molecule has 1 aliphatic rings. The molecule has 1 N–H and O–H groups in total. The molecule has 1 aromatic carbocycles. The fourth-order valence-corrected chi connectivity index (χ4v) is 2.56. The first-order chi connectivity index (χ1) is 9.45. The first-order valence-corrected chi connectivity index (χ1v) is 6.97. The second-order valence-corrected chi connectivity index (χ2v) is 6.08. The van der Waals surface area contributed by atoms with Gasteiger partial charge in [-0.2, -0.15) is 5.26 Å². The van der Waals surface area contributed by atoms with E-state index in [1.807, 2.05) is 12.1 Å². The van der Waals surface area contributed by atoms with Crippen LogP contribution in [-0.2, 0) is 11.2 Å². The van der Waals surface area contributed by atoms with Gasteiger partial charge in [-0.15, -0.1) is 0 Å². The summed E-state index contributed by atoms with van der Waals surface area (Å²) in [6.45, 7) is 6.23. The second kappa shape index (κ2) is 5.50. The van der Waals surface area contributed by atoms with Crippen LogP contribution in [0.1, 0.15) is 39.2 Å². The summed E-state index contributed by atoms with van der Waals surface area (Å²) >= 11 is 0. The van der Waals surface area contributed by atoms with Crippen molar-refractivity contribution < 1.29 is 4.79 Å². The maximum Gasteiger partial charge on any atom is 0.175 e. The molecular formula is C17H20N2O. The number of allylic oxidation sites excluding steroid dienone is 2. The zero-order valence-corrected chi connectivity index (χ0v) is 12.3. The number of ketones is 1. The third kappa shape index (κ3) is 3.08. The Morgan fingerprint density at radius 1 is 1.25 bits per heavy atom. The van der Waals surface area contributed by atoms with Crippen molar-refractivity contribution in [1.29, 1.82) is 5.26 Å². The van der Waals surface area contributed by atoms with Crippen LogP contribution in [0.5, 0.6) is 0 Å². The minimum Gasteiger partial charge on any atom is -0.358 e. The number of nitriles is 1. The van der Waals surface area contributed by atoms with Crippen molar-refractivity contribution in [2.75, 3.05) is 5.32 Å². The number of anilines is 1. The predicted molar refractivity (Wildman–Crippen MR) is 80.1 cm³/mol. The van der Waals surface area contributed by atoms with Crippen molar-refractivity contribution in [2.45, 2.75) is 40.0 Å². The Morgan fingerprint density at radius 3 is 2.45 bits per heavy atom. The van der Waals surface area contributed by atoms with E-state index in [1.54, 1.807) is 0 Å². The molecule has 1 aromatic rings. The number of nitrogens with one attached hydrogen (secondary N) is 1. The van der Waals surface area contributed by atoms with Crippen molar-refractivity contribution in [3.05, 3.63) is 41.1 Å². The summed E-state index contributed by atoms with van der Waals surface area (Å²) in [6.07, 6.45) is 2.16. The van der Waals surface area contributed by atoms with Gasteiger partial charge in [0.25, 0.3) is 0 Å². The van der Waals surface area contributed by atoms with E-state index in [0.717, 1.165) is 24.2 Å². The van der Waals surface area contributed by atoms with Gasteiger partial charge in [0.1, 0.15) is 11.6 Å². The maximum atomic E-state index is 12.0. The molecule has 0 atom stereocenters. The molecule has 2 rings (SSSR count). The third-order valence-corrected chi connectivity index (χ3v) is 3.64. The first kappa shape index (κ1) is 14.3. The number of benzene rings is 1. The molecule has 1 aliphatic carbocycles. The Bertz CT molecular complexity index is 588. The minimum atomic E-state index is -0.0941. The van der Waals surface area contributed by atoms with E-state index < -0.39 is 0 Å². The molecule has 0 bridgehead atoms. The van der Waals surface area contributed by atoms with Gasteiger partial charge in [0.05, 0.1) is 0 Å². The Balaban J connectivity index is 2.29. The van der Waals surface area contributed by atoms with Crippen molar-refractivity contribution >= 4 is 11.5 Å². The highest BCUT2D eigenvalue weighted by Crippen LogP contribution is 2.36. The Morgan fingerprint density at radius 2 is 1.90 bits per heavy atom. The van der Waals surface area contributed by atoms with Crippen molar-refractivity contribution in [2.24, 2.45) is 5.41 Å². The van der Waals surface area contributed by atoms with Gasteiger partial charge < -0.3 is 5.32 Å². The normalized spacial score (nSPS) is 17.8. The zero-order chi connectivity index (χ0) is 14.8. The maximum absolute atomic E-state index is 12.0. The standard InChI is InChI=1S/C17H20N2O/c1-4-12-5-7-13(8-6-12)19-15-9-17(2,3)10-16(20)14(15)11-18/h5-8,19H,4,9-10H2,1-3H3. The highest BCUT2D eigenvalue weighted by Gasteiger charge is 2.33. The van der Waals surface area contributed by atoms with Crippen LogP contribution in [0.4, 0.5) is 5.69 Å². The second-order valence-electron chi connectivity index (χ2n) is 6.08. The average molecular weight is 268 g/mol. The quantitative estimate of drug-likeness (QED) is 0.906. The van der Waals surface area contributed by atoms with Crippen LogP contribution in [0.2, 0.25) is 0 Å². The van der Waals surface area contributed by atoms with Crippen LogP contribution in [-0.4, -0.2) is 5.78 Å². The van der Waals surface area contributed by atoms with E-state index in [-0.39, 0.29) is 16.8 Å². The highest BCUT2D eigenvalue weighted by molar-refractivity contribution is 6.01. The zero-order valence-electron chi connectivity index (χ0n) is 12.3. The predicted octanol–water partition coefficient (Wildman–Crippen LogP) is 3.83. The molecule has 3 nitrogen and oxygen atoms in total. The molecule has 0 spiro atoms. The monoisotopic (exact) mass is 268 g/mol. The Hall–Kier alpha value is -2.08. The minimum absolute atomic E-state index is 0.0589. The molecule has 0 heterocycles. The summed E-state index contributed by atoms with van der Waals surface area (Å²) in [5, 5.41) is 12.4. The smallest absolute Gasteiger partial charge is 0.175 e. The summed E-state index contributed by atoms with van der Waals surface area (Å²) in [6, 6.07) is 10.2. The summed E-state index contributed by atoms with van der Waals surface area (Å²) in [7, 11) is 0. The average Bonchev–Trinajstić information content (AvgIpc) is 2.38. The molecule has 0 aromatic heterocycles. The molecule has 0 aliphatic heterocycles. The van der Waals surface area contributed by atoms with Gasteiger partial charge >= 0.3 is 0 Å². The van der Waals surface area contributed by atoms with E-state index >= 15 is 0 Å². The van der Waals surface area contributed by atoms with Crippen LogP contribution in [0, 0.1) is 16.7 Å². The number of hydrogen-bond donors (Lipinski definition) is 1. The van der Waals surface area contributed by atoms with Crippen LogP contribution in [0.3, 0.4) is 0 Å². The Kier molecular flexibility index (Phi) is 3.94.